The van der Waals surface area contributed by atoms with Crippen molar-refractivity contribution in [3.05, 3.63) is 24.3 Å². The zero-order valence-corrected chi connectivity index (χ0v) is 9.67. The minimum absolute atomic E-state index is 0.00287. The van der Waals surface area contributed by atoms with Crippen LogP contribution in [0.4, 0.5) is 10.5 Å². The number of anilines is 1. The third-order valence-electron chi connectivity index (χ3n) is 1.86. The molecule has 0 bridgehead atoms. The molecule has 1 rings (SSSR count). The van der Waals surface area contributed by atoms with Gasteiger partial charge in [0.15, 0.2) is 0 Å². The maximum atomic E-state index is 11.6. The molecule has 0 radical (unpaired) electrons. The Morgan fingerprint density at radius 1 is 1.25 bits per heavy atom. The number of carbonyl (C=O) groups is 1. The molecule has 16 heavy (non-hydrogen) atoms. The van der Waals surface area contributed by atoms with E-state index in [4.69, 9.17) is 0 Å². The molecule has 6 nitrogen and oxygen atoms in total. The molecule has 88 valence electrons. The molecule has 1 amide bonds. The van der Waals surface area contributed by atoms with Crippen molar-refractivity contribution in [2.45, 2.75) is 4.90 Å². The Balaban J connectivity index is 2.94. The fourth-order valence-electron chi connectivity index (χ4n) is 1.01. The predicted octanol–water partition coefficient (Wildman–Crippen LogP) is 0.773. The largest absolute Gasteiger partial charge is 0.452 e. The van der Waals surface area contributed by atoms with Gasteiger partial charge >= 0.3 is 6.09 Å². The fourth-order valence-corrected chi connectivity index (χ4v) is 1.93. The Morgan fingerprint density at radius 3 is 2.25 bits per heavy atom. The molecular formula is C9H12N2O4S. The molecule has 7 heteroatoms. The van der Waals surface area contributed by atoms with E-state index in [0.717, 1.165) is 12.8 Å². The zero-order chi connectivity index (χ0) is 12.2. The summed E-state index contributed by atoms with van der Waals surface area (Å²) in [4.78, 5) is 10.8. The Morgan fingerprint density at radius 2 is 1.81 bits per heavy atom. The van der Waals surface area contributed by atoms with Crippen molar-refractivity contribution in [3.8, 4) is 0 Å². The Bertz CT molecular complexity index is 467. The van der Waals surface area contributed by atoms with Crippen LogP contribution in [0.15, 0.2) is 29.2 Å². The molecule has 1 aromatic rings. The van der Waals surface area contributed by atoms with E-state index in [-0.39, 0.29) is 4.90 Å². The third-order valence-corrected chi connectivity index (χ3v) is 3.18. The second-order valence-corrected chi connectivity index (χ2v) is 4.55. The number of carbonyl (C=O) groups excluding carboxylic acids is 1. The Hall–Kier alpha value is -1.76. The van der Waals surface area contributed by atoms with E-state index in [0.29, 0.717) is 0 Å². The highest BCUT2D eigenvalue weighted by Crippen LogP contribution is 2.13. The van der Waals surface area contributed by atoms with Gasteiger partial charge in [-0.2, -0.15) is 0 Å². The molecule has 1 aromatic carbocycles. The van der Waals surface area contributed by atoms with Crippen LogP contribution < -0.4 is 10.0 Å². The molecule has 0 atom stereocenters. The van der Waals surface area contributed by atoms with Gasteiger partial charge in [0.2, 0.25) is 0 Å². The van der Waals surface area contributed by atoms with Crippen LogP contribution in [0.25, 0.3) is 0 Å². The standard InChI is InChI=1S/C9H12N2O4S/c1-10-7-3-5-8(6-4-7)16(13,14)11-9(12)15-2/h3-6,10H,1-2H3,(H,11,12). The third kappa shape index (κ3) is 2.86. The van der Waals surface area contributed by atoms with Gasteiger partial charge in [-0.25, -0.2) is 17.9 Å². The Kier molecular flexibility index (Phi) is 3.73. The molecule has 0 aromatic heterocycles. The van der Waals surface area contributed by atoms with E-state index in [1.165, 1.54) is 12.1 Å². The highest BCUT2D eigenvalue weighted by molar-refractivity contribution is 7.90. The van der Waals surface area contributed by atoms with Crippen LogP contribution in [0.1, 0.15) is 0 Å². The summed E-state index contributed by atoms with van der Waals surface area (Å²) in [5, 5.41) is 2.85. The average molecular weight is 244 g/mol. The van der Waals surface area contributed by atoms with Crippen molar-refractivity contribution in [1.82, 2.24) is 4.72 Å². The minimum Gasteiger partial charge on any atom is -0.452 e. The number of amides is 1. The lowest BCUT2D eigenvalue weighted by Crippen LogP contribution is -2.30. The van der Waals surface area contributed by atoms with Gasteiger partial charge in [0.1, 0.15) is 0 Å². The summed E-state index contributed by atoms with van der Waals surface area (Å²) in [6.45, 7) is 0. The predicted molar refractivity (Wildman–Crippen MR) is 58.7 cm³/mol. The second-order valence-electron chi connectivity index (χ2n) is 2.87. The molecule has 0 spiro atoms. The topological polar surface area (TPSA) is 84.5 Å². The van der Waals surface area contributed by atoms with Gasteiger partial charge in [0.05, 0.1) is 12.0 Å². The summed E-state index contributed by atoms with van der Waals surface area (Å²) in [6.07, 6.45) is -1.02. The first-order valence-corrected chi connectivity index (χ1v) is 5.86. The smallest absolute Gasteiger partial charge is 0.420 e. The van der Waals surface area contributed by atoms with Crippen molar-refractivity contribution in [1.29, 1.82) is 0 Å². The zero-order valence-electron chi connectivity index (χ0n) is 8.85. The first-order chi connectivity index (χ1) is 7.49. The molecular weight excluding hydrogens is 232 g/mol. The number of hydrogen-bond acceptors (Lipinski definition) is 5. The van der Waals surface area contributed by atoms with Crippen LogP contribution in [-0.4, -0.2) is 28.7 Å². The normalized spacial score (nSPS) is 10.6. The lowest BCUT2D eigenvalue weighted by atomic mass is 10.3. The lowest BCUT2D eigenvalue weighted by Gasteiger charge is -2.06. The first-order valence-electron chi connectivity index (χ1n) is 4.38. The first kappa shape index (κ1) is 12.3. The number of nitrogens with one attached hydrogen (secondary N) is 2. The molecule has 0 unspecified atom stereocenters. The van der Waals surface area contributed by atoms with Crippen LogP contribution in [0, 0.1) is 0 Å². The van der Waals surface area contributed by atoms with Gasteiger partial charge in [-0.3, -0.25) is 0 Å². The van der Waals surface area contributed by atoms with E-state index < -0.39 is 16.1 Å². The second kappa shape index (κ2) is 4.84. The van der Waals surface area contributed by atoms with Gasteiger partial charge in [-0.05, 0) is 24.3 Å². The van der Waals surface area contributed by atoms with Crippen molar-refractivity contribution in [2.75, 3.05) is 19.5 Å². The van der Waals surface area contributed by atoms with Crippen LogP contribution in [0.3, 0.4) is 0 Å². The minimum atomic E-state index is -3.85. The van der Waals surface area contributed by atoms with E-state index >= 15 is 0 Å². The van der Waals surface area contributed by atoms with Gasteiger partial charge in [0, 0.05) is 12.7 Å². The van der Waals surface area contributed by atoms with Gasteiger partial charge in [-0.15, -0.1) is 0 Å². The monoisotopic (exact) mass is 244 g/mol. The highest BCUT2D eigenvalue weighted by atomic mass is 32.2. The number of methoxy groups -OCH3 is 1. The quantitative estimate of drug-likeness (QED) is 0.820. The summed E-state index contributed by atoms with van der Waals surface area (Å²) in [7, 11) is -1.04. The van der Waals surface area contributed by atoms with Gasteiger partial charge in [-0.1, -0.05) is 0 Å². The molecule has 0 aliphatic rings. The average Bonchev–Trinajstić information content (AvgIpc) is 2.28. The number of sulfonamides is 1. The molecule has 0 saturated heterocycles. The number of hydrogen-bond donors (Lipinski definition) is 2. The summed E-state index contributed by atoms with van der Waals surface area (Å²) in [5.41, 5.74) is 0.775. The molecule has 0 aliphatic carbocycles. The SMILES string of the molecule is CNc1ccc(S(=O)(=O)NC(=O)OC)cc1. The molecule has 0 heterocycles. The van der Waals surface area contributed by atoms with Crippen LogP contribution in [-0.2, 0) is 14.8 Å². The maximum absolute atomic E-state index is 11.6. The summed E-state index contributed by atoms with van der Waals surface area (Å²) in [5.74, 6) is 0. The van der Waals surface area contributed by atoms with E-state index in [9.17, 15) is 13.2 Å². The molecule has 0 aliphatic heterocycles. The van der Waals surface area contributed by atoms with Crippen molar-refractivity contribution in [2.24, 2.45) is 0 Å². The van der Waals surface area contributed by atoms with Gasteiger partial charge < -0.3 is 10.1 Å². The molecule has 2 N–H and O–H groups in total. The van der Waals surface area contributed by atoms with E-state index in [1.54, 1.807) is 23.9 Å². The van der Waals surface area contributed by atoms with Crippen molar-refractivity contribution in [3.63, 3.8) is 0 Å². The van der Waals surface area contributed by atoms with E-state index in [1.807, 2.05) is 0 Å². The summed E-state index contributed by atoms with van der Waals surface area (Å²) in [6, 6.07) is 5.95. The highest BCUT2D eigenvalue weighted by Gasteiger charge is 2.17. The van der Waals surface area contributed by atoms with Crippen LogP contribution >= 0.6 is 0 Å². The summed E-state index contributed by atoms with van der Waals surface area (Å²) >= 11 is 0. The molecule has 0 fully saturated rings. The van der Waals surface area contributed by atoms with E-state index in [2.05, 4.69) is 10.1 Å². The summed E-state index contributed by atoms with van der Waals surface area (Å²) < 4.78 is 29.1. The van der Waals surface area contributed by atoms with Crippen LogP contribution in [0.2, 0.25) is 0 Å². The Labute approximate surface area is 93.7 Å². The number of rotatable bonds is 3. The van der Waals surface area contributed by atoms with Crippen molar-refractivity contribution >= 4 is 21.8 Å². The van der Waals surface area contributed by atoms with Crippen molar-refractivity contribution < 1.29 is 17.9 Å². The lowest BCUT2D eigenvalue weighted by molar-refractivity contribution is 0.177. The molecule has 0 saturated carbocycles. The number of benzene rings is 1. The maximum Gasteiger partial charge on any atom is 0.420 e. The number of ether oxygens (including phenoxy) is 1. The van der Waals surface area contributed by atoms with Crippen LogP contribution in [0.5, 0.6) is 0 Å². The van der Waals surface area contributed by atoms with Gasteiger partial charge in [0.25, 0.3) is 10.0 Å². The fraction of sp³-hybridized carbons (Fsp3) is 0.222.